The molecule has 0 aliphatic carbocycles. The van der Waals surface area contributed by atoms with Gasteiger partial charge in [0.25, 0.3) is 5.56 Å². The van der Waals surface area contributed by atoms with Gasteiger partial charge in [0.15, 0.2) is 0 Å². The Balaban J connectivity index is 1.91. The molecule has 1 aromatic carbocycles. The molecule has 0 fully saturated rings. The predicted octanol–water partition coefficient (Wildman–Crippen LogP) is 2.67. The first-order chi connectivity index (χ1) is 11.6. The van der Waals surface area contributed by atoms with Crippen molar-refractivity contribution < 1.29 is 0 Å². The van der Waals surface area contributed by atoms with Gasteiger partial charge in [-0.15, -0.1) is 0 Å². The topological polar surface area (TPSA) is 69.0 Å². The van der Waals surface area contributed by atoms with Gasteiger partial charge in [0.2, 0.25) is 0 Å². The molecule has 25 heavy (non-hydrogen) atoms. The summed E-state index contributed by atoms with van der Waals surface area (Å²) in [5.41, 5.74) is 2.67. The Labute approximate surface area is 149 Å². The molecule has 2 rings (SSSR count). The van der Waals surface area contributed by atoms with E-state index in [2.05, 4.69) is 66.8 Å². The Morgan fingerprint density at radius 3 is 2.28 bits per heavy atom. The van der Waals surface area contributed by atoms with Gasteiger partial charge in [-0.1, -0.05) is 52.0 Å². The summed E-state index contributed by atoms with van der Waals surface area (Å²) in [4.78, 5) is 29.7. The summed E-state index contributed by atoms with van der Waals surface area (Å²) in [7, 11) is 2.00. The van der Waals surface area contributed by atoms with Gasteiger partial charge in [-0.3, -0.25) is 9.78 Å². The number of rotatable bonds is 6. The molecule has 0 bridgehead atoms. The van der Waals surface area contributed by atoms with Crippen LogP contribution in [-0.4, -0.2) is 28.5 Å². The highest BCUT2D eigenvalue weighted by molar-refractivity contribution is 5.27. The highest BCUT2D eigenvalue weighted by atomic mass is 16.2. The third-order valence-corrected chi connectivity index (χ3v) is 4.28. The minimum Gasteiger partial charge on any atom is -0.310 e. The first kappa shape index (κ1) is 19.2. The first-order valence-corrected chi connectivity index (χ1v) is 8.74. The van der Waals surface area contributed by atoms with Crippen molar-refractivity contribution in [2.45, 2.75) is 46.1 Å². The second-order valence-electron chi connectivity index (χ2n) is 8.07. The lowest BCUT2D eigenvalue weighted by molar-refractivity contribution is 0.274. The predicted molar refractivity (Wildman–Crippen MR) is 102 cm³/mol. The number of nitrogens with zero attached hydrogens (tertiary/aromatic N) is 1. The third kappa shape index (κ3) is 6.02. The van der Waals surface area contributed by atoms with E-state index >= 15 is 0 Å². The molecule has 0 saturated carbocycles. The second kappa shape index (κ2) is 7.83. The van der Waals surface area contributed by atoms with Crippen molar-refractivity contribution in [1.29, 1.82) is 0 Å². The van der Waals surface area contributed by atoms with Gasteiger partial charge in [0.05, 0.1) is 0 Å². The van der Waals surface area contributed by atoms with E-state index in [1.165, 1.54) is 17.2 Å². The Bertz CT molecular complexity index is 769. The van der Waals surface area contributed by atoms with Crippen LogP contribution >= 0.6 is 0 Å². The summed E-state index contributed by atoms with van der Waals surface area (Å²) in [6.45, 7) is 10.3. The van der Waals surface area contributed by atoms with Crippen molar-refractivity contribution in [1.82, 2.24) is 14.9 Å². The summed E-state index contributed by atoms with van der Waals surface area (Å²) in [6, 6.07) is 10.3. The van der Waals surface area contributed by atoms with Crippen LogP contribution in [0.15, 0.2) is 39.9 Å². The third-order valence-electron chi connectivity index (χ3n) is 4.28. The van der Waals surface area contributed by atoms with Crippen LogP contribution in [0.3, 0.4) is 0 Å². The molecule has 1 heterocycles. The van der Waals surface area contributed by atoms with Gasteiger partial charge in [-0.2, -0.15) is 0 Å². The molecule has 5 heteroatoms. The van der Waals surface area contributed by atoms with Gasteiger partial charge in [0.1, 0.15) is 0 Å². The average molecular weight is 343 g/mol. The molecule has 1 aromatic heterocycles. The smallest absolute Gasteiger partial charge is 0.310 e. The van der Waals surface area contributed by atoms with Crippen molar-refractivity contribution in [2.75, 3.05) is 13.6 Å². The van der Waals surface area contributed by atoms with E-state index in [9.17, 15) is 9.59 Å². The van der Waals surface area contributed by atoms with Crippen molar-refractivity contribution in [3.63, 3.8) is 0 Å². The average Bonchev–Trinajstić information content (AvgIpc) is 2.45. The lowest BCUT2D eigenvalue weighted by atomic mass is 9.86. The minimum atomic E-state index is -0.456. The van der Waals surface area contributed by atoms with Crippen LogP contribution in [-0.2, 0) is 18.4 Å². The number of benzene rings is 1. The first-order valence-electron chi connectivity index (χ1n) is 8.74. The van der Waals surface area contributed by atoms with E-state index in [0.717, 1.165) is 13.0 Å². The number of nitrogens with one attached hydrogen (secondary N) is 2. The van der Waals surface area contributed by atoms with Crippen molar-refractivity contribution in [3.8, 4) is 0 Å². The molecule has 2 aromatic rings. The SMILES string of the molecule is CC(Cc1ccc(C(C)(C)C)cc1)CN(C)Cc1cc(=O)[nH]c(=O)[nH]1. The van der Waals surface area contributed by atoms with Gasteiger partial charge in [-0.05, 0) is 35.9 Å². The standard InChI is InChI=1S/C20H29N3O2/c1-14(10-15-6-8-16(9-7-15)20(2,3)4)12-23(5)13-17-11-18(24)22-19(25)21-17/h6-9,11,14H,10,12-13H2,1-5H3,(H2,21,22,24,25). The van der Waals surface area contributed by atoms with E-state index in [1.54, 1.807) is 0 Å². The van der Waals surface area contributed by atoms with Gasteiger partial charge in [0, 0.05) is 24.8 Å². The lowest BCUT2D eigenvalue weighted by Crippen LogP contribution is -2.29. The van der Waals surface area contributed by atoms with Gasteiger partial charge in [-0.25, -0.2) is 4.79 Å². The molecule has 5 nitrogen and oxygen atoms in total. The molecule has 1 atom stereocenters. The fraction of sp³-hybridized carbons (Fsp3) is 0.500. The molecule has 0 saturated heterocycles. The molecule has 1 unspecified atom stereocenters. The van der Waals surface area contributed by atoms with Crippen LogP contribution in [0.5, 0.6) is 0 Å². The van der Waals surface area contributed by atoms with E-state index in [4.69, 9.17) is 0 Å². The monoisotopic (exact) mass is 343 g/mol. The summed E-state index contributed by atoms with van der Waals surface area (Å²) in [5, 5.41) is 0. The number of aromatic nitrogens is 2. The highest BCUT2D eigenvalue weighted by Crippen LogP contribution is 2.23. The number of hydrogen-bond acceptors (Lipinski definition) is 3. The maximum atomic E-state index is 11.4. The zero-order valence-corrected chi connectivity index (χ0v) is 15.8. The Kier molecular flexibility index (Phi) is 6.01. The van der Waals surface area contributed by atoms with E-state index in [1.807, 2.05) is 7.05 Å². The number of aromatic amines is 2. The van der Waals surface area contributed by atoms with Crippen molar-refractivity contribution in [2.24, 2.45) is 5.92 Å². The zero-order chi connectivity index (χ0) is 18.6. The molecule has 0 spiro atoms. The lowest BCUT2D eigenvalue weighted by Gasteiger charge is -2.22. The van der Waals surface area contributed by atoms with Crippen LogP contribution in [0.2, 0.25) is 0 Å². The summed E-state index contributed by atoms with van der Waals surface area (Å²) in [6.07, 6.45) is 1.00. The fourth-order valence-electron chi connectivity index (χ4n) is 3.10. The molecular weight excluding hydrogens is 314 g/mol. The summed E-state index contributed by atoms with van der Waals surface area (Å²) in [5.74, 6) is 0.471. The van der Waals surface area contributed by atoms with Gasteiger partial charge < -0.3 is 9.88 Å². The molecule has 0 amide bonds. The molecule has 0 radical (unpaired) electrons. The zero-order valence-electron chi connectivity index (χ0n) is 15.8. The van der Waals surface area contributed by atoms with Crippen LogP contribution in [0.25, 0.3) is 0 Å². The molecule has 0 aliphatic heterocycles. The second-order valence-corrected chi connectivity index (χ2v) is 8.07. The molecule has 0 aliphatic rings. The van der Waals surface area contributed by atoms with Crippen LogP contribution in [0, 0.1) is 5.92 Å². The van der Waals surface area contributed by atoms with Crippen LogP contribution in [0.4, 0.5) is 0 Å². The van der Waals surface area contributed by atoms with Gasteiger partial charge >= 0.3 is 5.69 Å². The van der Waals surface area contributed by atoms with E-state index < -0.39 is 5.69 Å². The number of hydrogen-bond donors (Lipinski definition) is 2. The Hall–Kier alpha value is -2.14. The molecular formula is C20H29N3O2. The summed E-state index contributed by atoms with van der Waals surface area (Å²) >= 11 is 0. The van der Waals surface area contributed by atoms with Crippen molar-refractivity contribution >= 4 is 0 Å². The van der Waals surface area contributed by atoms with E-state index in [-0.39, 0.29) is 11.0 Å². The Morgan fingerprint density at radius 1 is 1.08 bits per heavy atom. The van der Waals surface area contributed by atoms with Crippen LogP contribution in [0.1, 0.15) is 44.5 Å². The highest BCUT2D eigenvalue weighted by Gasteiger charge is 2.14. The maximum Gasteiger partial charge on any atom is 0.325 e. The molecule has 136 valence electrons. The van der Waals surface area contributed by atoms with Crippen molar-refractivity contribution in [3.05, 3.63) is 68.0 Å². The quantitative estimate of drug-likeness (QED) is 0.847. The fourth-order valence-corrected chi connectivity index (χ4v) is 3.10. The van der Waals surface area contributed by atoms with Crippen LogP contribution < -0.4 is 11.2 Å². The molecule has 2 N–H and O–H groups in total. The largest absolute Gasteiger partial charge is 0.325 e. The Morgan fingerprint density at radius 2 is 1.72 bits per heavy atom. The minimum absolute atomic E-state index is 0.175. The number of H-pyrrole nitrogens is 2. The van der Waals surface area contributed by atoms with E-state index in [0.29, 0.717) is 18.2 Å². The normalized spacial score (nSPS) is 13.2. The maximum absolute atomic E-state index is 11.4. The summed E-state index contributed by atoms with van der Waals surface area (Å²) < 4.78 is 0.